The molecule has 2 rings (SSSR count). The fourth-order valence-electron chi connectivity index (χ4n) is 2.35. The Bertz CT molecular complexity index is 547. The molecule has 2 N–H and O–H groups in total. The van der Waals surface area contributed by atoms with E-state index in [9.17, 15) is 14.4 Å². The van der Waals surface area contributed by atoms with Crippen molar-refractivity contribution in [2.24, 2.45) is 0 Å². The van der Waals surface area contributed by atoms with Gasteiger partial charge < -0.3 is 20.3 Å². The maximum atomic E-state index is 11.9. The standard InChI is InChI=1S/C15H19N3O4/c1-22-15(21)18-9-5-8-12(10-18)17-14(20)13(19)16-11-6-3-2-4-7-11/h2-4,6-7,12H,5,8-10H2,1H3,(H,16,19)(H,17,20). The fraction of sp³-hybridized carbons (Fsp3) is 0.400. The summed E-state index contributed by atoms with van der Waals surface area (Å²) in [5.41, 5.74) is 0.558. The highest BCUT2D eigenvalue weighted by molar-refractivity contribution is 6.39. The molecule has 0 aromatic heterocycles. The van der Waals surface area contributed by atoms with E-state index in [4.69, 9.17) is 0 Å². The van der Waals surface area contributed by atoms with Gasteiger partial charge in [-0.15, -0.1) is 0 Å². The van der Waals surface area contributed by atoms with E-state index in [1.807, 2.05) is 6.07 Å². The van der Waals surface area contributed by atoms with Gasteiger partial charge >= 0.3 is 17.9 Å². The Balaban J connectivity index is 1.85. The molecule has 7 heteroatoms. The van der Waals surface area contributed by atoms with Crippen LogP contribution in [0.5, 0.6) is 0 Å². The quantitative estimate of drug-likeness (QED) is 0.797. The van der Waals surface area contributed by atoms with Crippen molar-refractivity contribution < 1.29 is 19.1 Å². The molecule has 1 aromatic carbocycles. The Labute approximate surface area is 128 Å². The van der Waals surface area contributed by atoms with Crippen LogP contribution in [-0.2, 0) is 14.3 Å². The second-order valence-corrected chi connectivity index (χ2v) is 5.05. The van der Waals surface area contributed by atoms with Crippen LogP contribution in [0, 0.1) is 0 Å². The van der Waals surface area contributed by atoms with Gasteiger partial charge in [-0.1, -0.05) is 18.2 Å². The number of hydrogen-bond donors (Lipinski definition) is 2. The second-order valence-electron chi connectivity index (χ2n) is 5.05. The van der Waals surface area contributed by atoms with Crippen molar-refractivity contribution in [3.05, 3.63) is 30.3 Å². The van der Waals surface area contributed by atoms with Gasteiger partial charge in [0.25, 0.3) is 0 Å². The molecule has 0 saturated carbocycles. The van der Waals surface area contributed by atoms with Crippen molar-refractivity contribution >= 4 is 23.6 Å². The normalized spacial score (nSPS) is 17.5. The number of carbonyl (C=O) groups excluding carboxylic acids is 3. The van der Waals surface area contributed by atoms with E-state index in [0.29, 0.717) is 18.8 Å². The van der Waals surface area contributed by atoms with E-state index in [2.05, 4.69) is 15.4 Å². The van der Waals surface area contributed by atoms with Gasteiger partial charge in [-0.05, 0) is 25.0 Å². The largest absolute Gasteiger partial charge is 0.453 e. The number of likely N-dealkylation sites (tertiary alicyclic amines) is 1. The van der Waals surface area contributed by atoms with Crippen LogP contribution in [0.15, 0.2) is 30.3 Å². The smallest absolute Gasteiger partial charge is 0.409 e. The third-order valence-electron chi connectivity index (χ3n) is 3.43. The minimum absolute atomic E-state index is 0.248. The van der Waals surface area contributed by atoms with Crippen LogP contribution in [0.1, 0.15) is 12.8 Å². The summed E-state index contributed by atoms with van der Waals surface area (Å²) in [4.78, 5) is 36.7. The first-order valence-electron chi connectivity index (χ1n) is 7.10. The summed E-state index contributed by atoms with van der Waals surface area (Å²) < 4.78 is 4.66. The highest BCUT2D eigenvalue weighted by atomic mass is 16.5. The highest BCUT2D eigenvalue weighted by Crippen LogP contribution is 2.11. The topological polar surface area (TPSA) is 87.7 Å². The minimum atomic E-state index is -0.721. The molecule has 0 spiro atoms. The lowest BCUT2D eigenvalue weighted by molar-refractivity contribution is -0.136. The predicted molar refractivity (Wildman–Crippen MR) is 80.2 cm³/mol. The molecule has 7 nitrogen and oxygen atoms in total. The van der Waals surface area contributed by atoms with E-state index < -0.39 is 17.9 Å². The molecule has 1 heterocycles. The summed E-state index contributed by atoms with van der Waals surface area (Å²) in [6, 6.07) is 8.50. The molecule has 1 atom stereocenters. The summed E-state index contributed by atoms with van der Waals surface area (Å²) >= 11 is 0. The second kappa shape index (κ2) is 7.44. The van der Waals surface area contributed by atoms with Crippen LogP contribution in [0.4, 0.5) is 10.5 Å². The van der Waals surface area contributed by atoms with Gasteiger partial charge in [0.15, 0.2) is 0 Å². The molecule has 0 radical (unpaired) electrons. The zero-order chi connectivity index (χ0) is 15.9. The molecule has 118 valence electrons. The third kappa shape index (κ3) is 4.21. The first kappa shape index (κ1) is 15.8. The van der Waals surface area contributed by atoms with Gasteiger partial charge in [-0.25, -0.2) is 4.79 Å². The Kier molecular flexibility index (Phi) is 5.35. The van der Waals surface area contributed by atoms with Gasteiger partial charge in [-0.2, -0.15) is 0 Å². The van der Waals surface area contributed by atoms with Crippen LogP contribution in [0.3, 0.4) is 0 Å². The number of anilines is 1. The first-order valence-corrected chi connectivity index (χ1v) is 7.10. The predicted octanol–water partition coefficient (Wildman–Crippen LogP) is 0.972. The van der Waals surface area contributed by atoms with Crippen LogP contribution < -0.4 is 10.6 Å². The molecule has 1 saturated heterocycles. The van der Waals surface area contributed by atoms with E-state index in [1.54, 1.807) is 24.3 Å². The number of nitrogens with one attached hydrogen (secondary N) is 2. The van der Waals surface area contributed by atoms with Crippen LogP contribution in [-0.4, -0.2) is 49.0 Å². The lowest BCUT2D eigenvalue weighted by Crippen LogP contribution is -2.51. The molecular formula is C15H19N3O4. The van der Waals surface area contributed by atoms with Crippen molar-refractivity contribution in [1.29, 1.82) is 0 Å². The van der Waals surface area contributed by atoms with Gasteiger partial charge in [0, 0.05) is 24.8 Å². The average Bonchev–Trinajstić information content (AvgIpc) is 2.55. The maximum absolute atomic E-state index is 11.9. The fourth-order valence-corrected chi connectivity index (χ4v) is 2.35. The molecule has 1 aliphatic heterocycles. The summed E-state index contributed by atoms with van der Waals surface area (Å²) in [7, 11) is 1.32. The number of hydrogen-bond acceptors (Lipinski definition) is 4. The molecule has 22 heavy (non-hydrogen) atoms. The zero-order valence-corrected chi connectivity index (χ0v) is 12.4. The SMILES string of the molecule is COC(=O)N1CCCC(NC(=O)C(=O)Nc2ccccc2)C1. The number of nitrogens with zero attached hydrogens (tertiary/aromatic N) is 1. The van der Waals surface area contributed by atoms with E-state index in [0.717, 1.165) is 12.8 Å². The molecule has 1 aromatic rings. The lowest BCUT2D eigenvalue weighted by atomic mass is 10.1. The number of carbonyl (C=O) groups is 3. The summed E-state index contributed by atoms with van der Waals surface area (Å²) in [5, 5.41) is 5.17. The van der Waals surface area contributed by atoms with Crippen molar-refractivity contribution in [2.45, 2.75) is 18.9 Å². The van der Waals surface area contributed by atoms with Crippen LogP contribution in [0.2, 0.25) is 0 Å². The Morgan fingerprint density at radius 1 is 1.18 bits per heavy atom. The van der Waals surface area contributed by atoms with E-state index in [-0.39, 0.29) is 6.04 Å². The third-order valence-corrected chi connectivity index (χ3v) is 3.43. The number of ether oxygens (including phenoxy) is 1. The monoisotopic (exact) mass is 305 g/mol. The number of amides is 3. The molecule has 0 bridgehead atoms. The van der Waals surface area contributed by atoms with Gasteiger partial charge in [0.05, 0.1) is 7.11 Å². The number of rotatable bonds is 2. The van der Waals surface area contributed by atoms with Gasteiger partial charge in [0.1, 0.15) is 0 Å². The number of methoxy groups -OCH3 is 1. The average molecular weight is 305 g/mol. The summed E-state index contributed by atoms with van der Waals surface area (Å²) in [6.07, 6.45) is 1.05. The summed E-state index contributed by atoms with van der Waals surface area (Å²) in [5.74, 6) is -1.43. The molecule has 1 aliphatic rings. The van der Waals surface area contributed by atoms with Crippen molar-refractivity contribution in [2.75, 3.05) is 25.5 Å². The Morgan fingerprint density at radius 2 is 1.91 bits per heavy atom. The Hall–Kier alpha value is -2.57. The highest BCUT2D eigenvalue weighted by Gasteiger charge is 2.26. The number of para-hydroxylation sites is 1. The van der Waals surface area contributed by atoms with Crippen molar-refractivity contribution in [1.82, 2.24) is 10.2 Å². The zero-order valence-electron chi connectivity index (χ0n) is 12.4. The number of benzene rings is 1. The van der Waals surface area contributed by atoms with Gasteiger partial charge in [0.2, 0.25) is 0 Å². The lowest BCUT2D eigenvalue weighted by Gasteiger charge is -2.31. The first-order chi connectivity index (χ1) is 10.6. The molecule has 0 aliphatic carbocycles. The van der Waals surface area contributed by atoms with E-state index >= 15 is 0 Å². The summed E-state index contributed by atoms with van der Waals surface area (Å²) in [6.45, 7) is 0.937. The van der Waals surface area contributed by atoms with Crippen molar-refractivity contribution in [3.63, 3.8) is 0 Å². The van der Waals surface area contributed by atoms with E-state index in [1.165, 1.54) is 12.0 Å². The van der Waals surface area contributed by atoms with Gasteiger partial charge in [-0.3, -0.25) is 9.59 Å². The minimum Gasteiger partial charge on any atom is -0.453 e. The molecular weight excluding hydrogens is 286 g/mol. The van der Waals surface area contributed by atoms with Crippen LogP contribution >= 0.6 is 0 Å². The molecule has 1 fully saturated rings. The Morgan fingerprint density at radius 3 is 2.59 bits per heavy atom. The molecule has 1 unspecified atom stereocenters. The molecule has 3 amide bonds. The van der Waals surface area contributed by atoms with Crippen LogP contribution in [0.25, 0.3) is 0 Å². The number of piperidine rings is 1. The maximum Gasteiger partial charge on any atom is 0.409 e. The van der Waals surface area contributed by atoms with Crippen molar-refractivity contribution in [3.8, 4) is 0 Å².